The van der Waals surface area contributed by atoms with Crippen molar-refractivity contribution in [2.45, 2.75) is 30.6 Å². The number of nitrogens with zero attached hydrogens (tertiary/aromatic N) is 3. The molecule has 0 radical (unpaired) electrons. The van der Waals surface area contributed by atoms with E-state index in [1.54, 1.807) is 74.9 Å². The van der Waals surface area contributed by atoms with Gasteiger partial charge in [-0.1, -0.05) is 26.0 Å². The summed E-state index contributed by atoms with van der Waals surface area (Å²) in [6.07, 6.45) is 7.62. The van der Waals surface area contributed by atoms with Crippen molar-refractivity contribution in [3.63, 3.8) is 0 Å². The summed E-state index contributed by atoms with van der Waals surface area (Å²) in [5, 5.41) is 2.84. The predicted octanol–water partition coefficient (Wildman–Crippen LogP) is 6.01. The second kappa shape index (κ2) is 15.9. The van der Waals surface area contributed by atoms with E-state index in [0.29, 0.717) is 42.4 Å². The lowest BCUT2D eigenvalue weighted by atomic mass is 9.83. The topological polar surface area (TPSA) is 114 Å². The average Bonchev–Trinajstić information content (AvgIpc) is 3.34. The largest absolute Gasteiger partial charge is 0.497 e. The molecule has 0 atom stereocenters. The highest BCUT2D eigenvalue weighted by Gasteiger charge is 2.42. The number of fused-ring (bicyclic) bond motifs is 1. The van der Waals surface area contributed by atoms with Crippen LogP contribution in [0.2, 0.25) is 0 Å². The van der Waals surface area contributed by atoms with Gasteiger partial charge in [0.05, 0.1) is 30.5 Å². The second-order valence-electron chi connectivity index (χ2n) is 11.9. The number of hydrogen-bond acceptors (Lipinski definition) is 8. The molecule has 10 nitrogen and oxygen atoms in total. The van der Waals surface area contributed by atoms with Gasteiger partial charge >= 0.3 is 0 Å². The summed E-state index contributed by atoms with van der Waals surface area (Å²) in [7, 11) is 3.11. The minimum Gasteiger partial charge on any atom is -0.497 e. The van der Waals surface area contributed by atoms with Crippen molar-refractivity contribution < 1.29 is 28.4 Å². The van der Waals surface area contributed by atoms with Gasteiger partial charge in [-0.25, -0.2) is 0 Å². The number of halogens is 1. The Hall–Kier alpha value is -4.62. The molecule has 50 heavy (non-hydrogen) atoms. The van der Waals surface area contributed by atoms with E-state index in [1.807, 2.05) is 24.3 Å². The SMILES string of the molecule is COc1ccc(N2C(=O)C(=C/C=C/C=C3/N(CCCNC(=O)CCl)c4ccc(S[OH2+])cc4C3(C)C)C(=O)N(c3ccc(OC)cc3)C2=S)cc1. The number of ether oxygens (including phenoxy) is 2. The molecule has 1 saturated heterocycles. The van der Waals surface area contributed by atoms with E-state index in [9.17, 15) is 14.4 Å². The average molecular weight is 734 g/mol. The van der Waals surface area contributed by atoms with Crippen LogP contribution in [0, 0.1) is 0 Å². The number of hydrogen-bond donors (Lipinski definition) is 1. The highest BCUT2D eigenvalue weighted by Crippen LogP contribution is 2.48. The number of allylic oxidation sites excluding steroid dienone is 5. The van der Waals surface area contributed by atoms with Crippen LogP contribution in [0.15, 0.2) is 107 Å². The third-order valence-corrected chi connectivity index (χ3v) is 9.62. The number of amides is 3. The van der Waals surface area contributed by atoms with Crippen LogP contribution in [-0.4, -0.2) is 60.6 Å². The number of nitrogens with one attached hydrogen (secondary N) is 1. The molecule has 13 heteroatoms. The van der Waals surface area contributed by atoms with Crippen molar-refractivity contribution >= 4 is 75.8 Å². The van der Waals surface area contributed by atoms with Crippen molar-refractivity contribution in [1.82, 2.24) is 5.32 Å². The van der Waals surface area contributed by atoms with E-state index in [0.717, 1.165) is 33.9 Å². The van der Waals surface area contributed by atoms with Crippen molar-refractivity contribution in [2.24, 2.45) is 0 Å². The highest BCUT2D eigenvalue weighted by molar-refractivity contribution is 7.93. The van der Waals surface area contributed by atoms with Crippen LogP contribution < -0.4 is 29.5 Å². The maximum Gasteiger partial charge on any atom is 0.270 e. The van der Waals surface area contributed by atoms with Gasteiger partial charge in [0.2, 0.25) is 17.9 Å². The highest BCUT2D eigenvalue weighted by atomic mass is 35.5. The van der Waals surface area contributed by atoms with E-state index in [4.69, 9.17) is 37.8 Å². The molecule has 0 saturated carbocycles. The molecule has 0 spiro atoms. The van der Waals surface area contributed by atoms with Gasteiger partial charge in [-0.3, -0.25) is 24.2 Å². The van der Waals surface area contributed by atoms with E-state index in [2.05, 4.69) is 24.1 Å². The number of benzene rings is 3. The van der Waals surface area contributed by atoms with Crippen molar-refractivity contribution in [1.29, 1.82) is 0 Å². The fourth-order valence-corrected chi connectivity index (χ4v) is 6.72. The fourth-order valence-electron chi connectivity index (χ4n) is 5.94. The molecule has 5 rings (SSSR count). The molecule has 0 bridgehead atoms. The molecule has 0 aliphatic carbocycles. The van der Waals surface area contributed by atoms with Crippen molar-refractivity contribution in [2.75, 3.05) is 47.9 Å². The second-order valence-corrected chi connectivity index (χ2v) is 13.2. The zero-order chi connectivity index (χ0) is 36.0. The van der Waals surface area contributed by atoms with Crippen LogP contribution in [-0.2, 0) is 19.8 Å². The van der Waals surface area contributed by atoms with Gasteiger partial charge in [-0.05, 0) is 103 Å². The molecule has 3 aromatic carbocycles. The zero-order valence-electron chi connectivity index (χ0n) is 28.1. The number of thiocarbonyl (C=S) groups is 1. The molecule has 1 fully saturated rings. The summed E-state index contributed by atoms with van der Waals surface area (Å²) < 4.78 is 18.4. The Bertz CT molecular complexity index is 1800. The van der Waals surface area contributed by atoms with E-state index < -0.39 is 17.2 Å². The Morgan fingerprint density at radius 1 is 0.920 bits per heavy atom. The molecule has 3 N–H and O–H groups in total. The first-order valence-electron chi connectivity index (χ1n) is 15.7. The summed E-state index contributed by atoms with van der Waals surface area (Å²) in [6.45, 7) is 5.32. The molecular weight excluding hydrogens is 696 g/mol. The number of carbonyl (C=O) groups excluding carboxylic acids is 3. The fraction of sp³-hybridized carbons (Fsp3) is 0.243. The summed E-state index contributed by atoms with van der Waals surface area (Å²) in [6, 6.07) is 19.7. The van der Waals surface area contributed by atoms with Crippen LogP contribution in [0.5, 0.6) is 11.5 Å². The number of methoxy groups -OCH3 is 2. The Morgan fingerprint density at radius 2 is 1.48 bits per heavy atom. The van der Waals surface area contributed by atoms with Gasteiger partial charge in [-0.2, -0.15) is 0 Å². The van der Waals surface area contributed by atoms with E-state index in [-0.39, 0.29) is 22.5 Å². The molecule has 0 aromatic heterocycles. The molecule has 3 amide bonds. The summed E-state index contributed by atoms with van der Waals surface area (Å²) in [5.41, 5.74) is 3.56. The first kappa shape index (κ1) is 36.7. The molecule has 260 valence electrons. The Kier molecular flexibility index (Phi) is 11.7. The summed E-state index contributed by atoms with van der Waals surface area (Å²) in [5.74, 6) is -0.199. The van der Waals surface area contributed by atoms with Gasteiger partial charge in [0.1, 0.15) is 23.0 Å². The lowest BCUT2D eigenvalue weighted by molar-refractivity contribution is -0.121. The Morgan fingerprint density at radius 3 is 2.00 bits per heavy atom. The van der Waals surface area contributed by atoms with Crippen LogP contribution >= 0.6 is 35.9 Å². The third kappa shape index (κ3) is 7.43. The number of rotatable bonds is 12. The van der Waals surface area contributed by atoms with Crippen LogP contribution in [0.4, 0.5) is 17.1 Å². The third-order valence-electron chi connectivity index (χ3n) is 8.52. The van der Waals surface area contributed by atoms with E-state index in [1.165, 1.54) is 15.9 Å². The smallest absolute Gasteiger partial charge is 0.270 e. The minimum atomic E-state index is -0.554. The lowest BCUT2D eigenvalue weighted by Gasteiger charge is -2.36. The number of carbonyl (C=O) groups is 3. The first-order chi connectivity index (χ1) is 24.0. The molecule has 0 unspecified atom stereocenters. The molecule has 2 aliphatic heterocycles. The zero-order valence-corrected chi connectivity index (χ0v) is 30.5. The van der Waals surface area contributed by atoms with Gasteiger partial charge in [-0.15, -0.1) is 11.6 Å². The summed E-state index contributed by atoms with van der Waals surface area (Å²) >= 11 is 12.3. The summed E-state index contributed by atoms with van der Waals surface area (Å²) in [4.78, 5) is 45.3. The van der Waals surface area contributed by atoms with Gasteiger partial charge < -0.3 is 24.2 Å². The van der Waals surface area contributed by atoms with Crippen LogP contribution in [0.3, 0.4) is 0 Å². The van der Waals surface area contributed by atoms with Crippen LogP contribution in [0.25, 0.3) is 0 Å². The van der Waals surface area contributed by atoms with Crippen molar-refractivity contribution in [3.8, 4) is 11.5 Å². The van der Waals surface area contributed by atoms with Gasteiger partial charge in [0.25, 0.3) is 11.8 Å². The number of anilines is 3. The molecular formula is C37H38ClN4O6S2+. The maximum absolute atomic E-state index is 14.0. The number of alkyl halides is 1. The van der Waals surface area contributed by atoms with Gasteiger partial charge in [0, 0.05) is 29.9 Å². The standard InChI is InChI=1S/C37H37ClN4O6S2/c1-37(2)30-22-28(50-46)18-19-31(30)40(21-7-20-39-33(43)23-38)32(37)9-6-5-8-29-34(44)41(24-10-14-26(47-3)15-11-24)36(49)42(35(29)45)25-12-16-27(48-4)17-13-25/h5-6,8-19,22,46H,7,20-21,23H2,1-4H3,(H,39,43)/p+1/b6-5+,32-9+. The Labute approximate surface area is 306 Å². The maximum atomic E-state index is 14.0. The first-order valence-corrected chi connectivity index (χ1v) is 17.5. The van der Waals surface area contributed by atoms with Gasteiger partial charge in [0.15, 0.2) is 5.11 Å². The Balaban J connectivity index is 1.50. The predicted molar refractivity (Wildman–Crippen MR) is 203 cm³/mol. The molecule has 2 aliphatic rings. The molecule has 3 aromatic rings. The quantitative estimate of drug-likeness (QED) is 0.0458. The minimum absolute atomic E-state index is 0.0205. The van der Waals surface area contributed by atoms with Crippen molar-refractivity contribution in [3.05, 3.63) is 108 Å². The molecule has 2 heterocycles. The lowest BCUT2D eigenvalue weighted by Crippen LogP contribution is -2.57. The van der Waals surface area contributed by atoms with Crippen LogP contribution in [0.1, 0.15) is 25.8 Å². The normalized spacial score (nSPS) is 16.4. The monoisotopic (exact) mass is 733 g/mol. The van der Waals surface area contributed by atoms with E-state index >= 15 is 0 Å².